The van der Waals surface area contributed by atoms with Gasteiger partial charge in [-0.2, -0.15) is 0 Å². The van der Waals surface area contributed by atoms with Gasteiger partial charge in [-0.3, -0.25) is 10.0 Å². The summed E-state index contributed by atoms with van der Waals surface area (Å²) in [5, 5.41) is 15.9. The van der Waals surface area contributed by atoms with Gasteiger partial charge in [0.25, 0.3) is 5.91 Å². The molecule has 0 radical (unpaired) electrons. The van der Waals surface area contributed by atoms with E-state index in [1.807, 2.05) is 18.2 Å². The number of fused-ring (bicyclic) bond motifs is 1. The maximum Gasteiger partial charge on any atom is 0.274 e. The summed E-state index contributed by atoms with van der Waals surface area (Å²) < 4.78 is 1.27. The van der Waals surface area contributed by atoms with E-state index in [0.717, 1.165) is 12.1 Å². The van der Waals surface area contributed by atoms with Crippen LogP contribution in [0.5, 0.6) is 0 Å². The third kappa shape index (κ3) is 3.91. The molecule has 3 aromatic carbocycles. The van der Waals surface area contributed by atoms with Crippen LogP contribution in [0.3, 0.4) is 0 Å². The van der Waals surface area contributed by atoms with E-state index in [1.54, 1.807) is 28.9 Å². The zero-order chi connectivity index (χ0) is 19.3. The molecule has 1 amide bonds. The van der Waals surface area contributed by atoms with Crippen molar-refractivity contribution in [2.45, 2.75) is 12.5 Å². The van der Waals surface area contributed by atoms with Crippen LogP contribution in [0.15, 0.2) is 84.2 Å². The van der Waals surface area contributed by atoms with Crippen molar-refractivity contribution in [2.75, 3.05) is 5.32 Å². The van der Waals surface area contributed by atoms with Crippen LogP contribution in [0, 0.1) is 0 Å². The first-order valence-corrected chi connectivity index (χ1v) is 9.93. The van der Waals surface area contributed by atoms with Crippen LogP contribution in [0.25, 0.3) is 10.1 Å². The molecule has 0 saturated carbocycles. The second-order valence-corrected chi connectivity index (χ2v) is 7.50. The Balaban J connectivity index is 1.66. The minimum atomic E-state index is -0.517. The van der Waals surface area contributed by atoms with Gasteiger partial charge in [-0.1, -0.05) is 48.5 Å². The molecule has 4 aromatic rings. The molecule has 0 fully saturated rings. The lowest BCUT2D eigenvalue weighted by Crippen LogP contribution is -2.18. The minimum absolute atomic E-state index is 0.0936. The van der Waals surface area contributed by atoms with Crippen molar-refractivity contribution < 1.29 is 10.0 Å². The molecule has 1 heterocycles. The maximum absolute atomic E-state index is 11.5. The number of hydrogen-bond acceptors (Lipinski definition) is 4. The van der Waals surface area contributed by atoms with Crippen molar-refractivity contribution in [3.8, 4) is 0 Å². The topological polar surface area (TPSA) is 61.4 Å². The van der Waals surface area contributed by atoms with E-state index in [9.17, 15) is 4.79 Å². The third-order valence-electron chi connectivity index (χ3n) is 4.76. The first-order valence-electron chi connectivity index (χ1n) is 9.05. The van der Waals surface area contributed by atoms with Crippen molar-refractivity contribution >= 4 is 33.0 Å². The average Bonchev–Trinajstić information content (AvgIpc) is 3.18. The standard InChI is InChI=1S/C23H20N2O2S/c26-23(25-27)17-10-12-18(13-11-17)24-21(14-16-6-2-1-3-7-16)20-15-28-22-9-5-4-8-19(20)22/h1-13,15,21,24,27H,14H2,(H,25,26). The lowest BCUT2D eigenvalue weighted by atomic mass is 9.98. The van der Waals surface area contributed by atoms with E-state index in [0.29, 0.717) is 5.56 Å². The predicted octanol–water partition coefficient (Wildman–Crippen LogP) is 5.42. The van der Waals surface area contributed by atoms with Crippen LogP contribution >= 0.6 is 11.3 Å². The Morgan fingerprint density at radius 3 is 2.39 bits per heavy atom. The molecule has 3 N–H and O–H groups in total. The number of hydroxylamine groups is 1. The molecule has 1 unspecified atom stereocenters. The summed E-state index contributed by atoms with van der Waals surface area (Å²) in [4.78, 5) is 11.5. The molecule has 28 heavy (non-hydrogen) atoms. The van der Waals surface area contributed by atoms with Crippen molar-refractivity contribution in [2.24, 2.45) is 0 Å². The van der Waals surface area contributed by atoms with Gasteiger partial charge in [0, 0.05) is 16.0 Å². The molecule has 0 saturated heterocycles. The quantitative estimate of drug-likeness (QED) is 0.305. The maximum atomic E-state index is 11.5. The second kappa shape index (κ2) is 8.25. The van der Waals surface area contributed by atoms with E-state index >= 15 is 0 Å². The molecule has 5 heteroatoms. The van der Waals surface area contributed by atoms with E-state index in [-0.39, 0.29) is 6.04 Å². The minimum Gasteiger partial charge on any atom is -0.378 e. The number of amides is 1. The number of anilines is 1. The number of thiophene rings is 1. The molecule has 1 aromatic heterocycles. The highest BCUT2D eigenvalue weighted by Gasteiger charge is 2.17. The van der Waals surface area contributed by atoms with Crippen molar-refractivity contribution in [1.29, 1.82) is 0 Å². The summed E-state index contributed by atoms with van der Waals surface area (Å²) in [6.45, 7) is 0. The van der Waals surface area contributed by atoms with Gasteiger partial charge in [0.05, 0.1) is 6.04 Å². The Kier molecular flexibility index (Phi) is 5.37. The van der Waals surface area contributed by atoms with Gasteiger partial charge >= 0.3 is 0 Å². The Hall–Kier alpha value is -3.15. The first kappa shape index (κ1) is 18.2. The summed E-state index contributed by atoms with van der Waals surface area (Å²) in [6, 6.07) is 26.0. The molecule has 140 valence electrons. The summed E-state index contributed by atoms with van der Waals surface area (Å²) in [5.74, 6) is -0.517. The zero-order valence-corrected chi connectivity index (χ0v) is 15.9. The predicted molar refractivity (Wildman–Crippen MR) is 114 cm³/mol. The second-order valence-electron chi connectivity index (χ2n) is 6.59. The Bertz CT molecular complexity index is 1070. The van der Waals surface area contributed by atoms with Crippen LogP contribution in [0.4, 0.5) is 5.69 Å². The molecule has 4 nitrogen and oxygen atoms in total. The smallest absolute Gasteiger partial charge is 0.274 e. The number of hydrogen-bond donors (Lipinski definition) is 3. The lowest BCUT2D eigenvalue weighted by Gasteiger charge is -2.20. The highest BCUT2D eigenvalue weighted by molar-refractivity contribution is 7.17. The van der Waals surface area contributed by atoms with E-state index in [1.165, 1.54) is 21.2 Å². The number of benzene rings is 3. The summed E-state index contributed by atoms with van der Waals surface area (Å²) in [5.41, 5.74) is 5.51. The molecule has 0 spiro atoms. The molecule has 0 aliphatic heterocycles. The third-order valence-corrected chi connectivity index (χ3v) is 5.74. The SMILES string of the molecule is O=C(NO)c1ccc(NC(Cc2ccccc2)c2csc3ccccc23)cc1. The van der Waals surface area contributed by atoms with Crippen LogP contribution in [-0.2, 0) is 6.42 Å². The van der Waals surface area contributed by atoms with Crippen molar-refractivity contribution in [1.82, 2.24) is 5.48 Å². The normalized spacial score (nSPS) is 11.9. The average molecular weight is 388 g/mol. The lowest BCUT2D eigenvalue weighted by molar-refractivity contribution is 0.0706. The fraction of sp³-hybridized carbons (Fsp3) is 0.0870. The Morgan fingerprint density at radius 2 is 1.64 bits per heavy atom. The molecule has 1 atom stereocenters. The van der Waals surface area contributed by atoms with Gasteiger partial charge in [-0.25, -0.2) is 5.48 Å². The van der Waals surface area contributed by atoms with Crippen LogP contribution in [0.1, 0.15) is 27.5 Å². The van der Waals surface area contributed by atoms with Crippen LogP contribution < -0.4 is 10.8 Å². The number of carbonyl (C=O) groups is 1. The van der Waals surface area contributed by atoms with Gasteiger partial charge in [-0.15, -0.1) is 11.3 Å². The molecule has 0 aliphatic carbocycles. The van der Waals surface area contributed by atoms with Crippen molar-refractivity contribution in [3.63, 3.8) is 0 Å². The van der Waals surface area contributed by atoms with Gasteiger partial charge < -0.3 is 5.32 Å². The van der Waals surface area contributed by atoms with Gasteiger partial charge in [0.1, 0.15) is 0 Å². The van der Waals surface area contributed by atoms with Gasteiger partial charge in [0.15, 0.2) is 0 Å². The molecule has 0 aliphatic rings. The molecule has 4 rings (SSSR count). The highest BCUT2D eigenvalue weighted by Crippen LogP contribution is 2.34. The highest BCUT2D eigenvalue weighted by atomic mass is 32.1. The van der Waals surface area contributed by atoms with Crippen molar-refractivity contribution in [3.05, 3.63) is 101 Å². The van der Waals surface area contributed by atoms with E-state index in [2.05, 4.69) is 59.2 Å². The monoisotopic (exact) mass is 388 g/mol. The number of nitrogens with one attached hydrogen (secondary N) is 2. The zero-order valence-electron chi connectivity index (χ0n) is 15.1. The first-order chi connectivity index (χ1) is 13.7. The van der Waals surface area contributed by atoms with Gasteiger partial charge in [0.2, 0.25) is 0 Å². The van der Waals surface area contributed by atoms with E-state index in [4.69, 9.17) is 5.21 Å². The largest absolute Gasteiger partial charge is 0.378 e. The fourth-order valence-electron chi connectivity index (χ4n) is 3.34. The van der Waals surface area contributed by atoms with Crippen LogP contribution in [-0.4, -0.2) is 11.1 Å². The van der Waals surface area contributed by atoms with Gasteiger partial charge in [-0.05, 0) is 58.6 Å². The number of carbonyl (C=O) groups excluding carboxylic acids is 1. The Morgan fingerprint density at radius 1 is 0.929 bits per heavy atom. The Labute approximate surface area is 167 Å². The summed E-state index contributed by atoms with van der Waals surface area (Å²) in [7, 11) is 0. The summed E-state index contributed by atoms with van der Waals surface area (Å²) in [6.07, 6.45) is 0.848. The van der Waals surface area contributed by atoms with Crippen LogP contribution in [0.2, 0.25) is 0 Å². The molecule has 0 bridgehead atoms. The molecular weight excluding hydrogens is 368 g/mol. The van der Waals surface area contributed by atoms with E-state index < -0.39 is 5.91 Å². The fourth-order valence-corrected chi connectivity index (χ4v) is 4.36. The number of rotatable bonds is 6. The summed E-state index contributed by atoms with van der Waals surface area (Å²) >= 11 is 1.75. The molecular formula is C23H20N2O2S.